The van der Waals surface area contributed by atoms with E-state index in [4.69, 9.17) is 11.6 Å². The van der Waals surface area contributed by atoms with Gasteiger partial charge in [-0.2, -0.15) is 13.2 Å². The zero-order valence-electron chi connectivity index (χ0n) is 15.0. The van der Waals surface area contributed by atoms with Crippen molar-refractivity contribution in [3.05, 3.63) is 83.0 Å². The second-order valence-electron chi connectivity index (χ2n) is 5.90. The predicted molar refractivity (Wildman–Crippen MR) is 108 cm³/mol. The van der Waals surface area contributed by atoms with E-state index in [0.717, 1.165) is 23.9 Å². The number of aromatic nitrogens is 1. The number of pyridine rings is 1. The van der Waals surface area contributed by atoms with E-state index in [1.807, 2.05) is 0 Å². The van der Waals surface area contributed by atoms with E-state index < -0.39 is 23.7 Å². The maximum Gasteiger partial charge on any atom is 0.416 e. The predicted octanol–water partition coefficient (Wildman–Crippen LogP) is 5.87. The Kier molecular flexibility index (Phi) is 6.63. The van der Waals surface area contributed by atoms with E-state index in [1.165, 1.54) is 36.5 Å². The minimum atomic E-state index is -4.42. The SMILES string of the molecule is O=C(NC(=O)c1ccccc1Cl)Nc1ccc(Sc2cccc(C(F)(F)F)c2)nc1. The third-order valence-electron chi connectivity index (χ3n) is 3.72. The number of hydrogen-bond donors (Lipinski definition) is 2. The molecular weight excluding hydrogens is 439 g/mol. The Morgan fingerprint density at radius 2 is 1.77 bits per heavy atom. The number of nitrogens with one attached hydrogen (secondary N) is 2. The van der Waals surface area contributed by atoms with Gasteiger partial charge in [0.05, 0.1) is 28.0 Å². The van der Waals surface area contributed by atoms with Crippen LogP contribution < -0.4 is 10.6 Å². The summed E-state index contributed by atoms with van der Waals surface area (Å²) in [5, 5.41) is 5.24. The molecule has 2 N–H and O–H groups in total. The van der Waals surface area contributed by atoms with Gasteiger partial charge in [-0.3, -0.25) is 10.1 Å². The Hall–Kier alpha value is -3.04. The van der Waals surface area contributed by atoms with Crippen LogP contribution in [0, 0.1) is 0 Å². The molecule has 0 bridgehead atoms. The van der Waals surface area contributed by atoms with Crippen molar-refractivity contribution in [1.29, 1.82) is 0 Å². The topological polar surface area (TPSA) is 71.1 Å². The Morgan fingerprint density at radius 1 is 1.00 bits per heavy atom. The Morgan fingerprint density at radius 3 is 2.43 bits per heavy atom. The largest absolute Gasteiger partial charge is 0.416 e. The number of halogens is 4. The van der Waals surface area contributed by atoms with Crippen LogP contribution in [0.3, 0.4) is 0 Å². The summed E-state index contributed by atoms with van der Waals surface area (Å²) in [6.07, 6.45) is -3.10. The second kappa shape index (κ2) is 9.19. The molecule has 1 aromatic heterocycles. The van der Waals surface area contributed by atoms with E-state index in [9.17, 15) is 22.8 Å². The molecule has 10 heteroatoms. The van der Waals surface area contributed by atoms with Crippen molar-refractivity contribution in [2.24, 2.45) is 0 Å². The molecule has 0 aliphatic carbocycles. The first kappa shape index (κ1) is 21.7. The van der Waals surface area contributed by atoms with Gasteiger partial charge in [0.2, 0.25) is 0 Å². The van der Waals surface area contributed by atoms with Gasteiger partial charge in [0.15, 0.2) is 0 Å². The maximum absolute atomic E-state index is 12.8. The van der Waals surface area contributed by atoms with Crippen molar-refractivity contribution in [1.82, 2.24) is 10.3 Å². The molecule has 3 amide bonds. The molecule has 0 aliphatic rings. The van der Waals surface area contributed by atoms with Crippen LogP contribution in [0.15, 0.2) is 76.8 Å². The molecule has 0 radical (unpaired) electrons. The molecule has 2 aromatic carbocycles. The van der Waals surface area contributed by atoms with Crippen molar-refractivity contribution in [3.63, 3.8) is 0 Å². The molecule has 3 rings (SSSR count). The summed E-state index contributed by atoms with van der Waals surface area (Å²) in [6.45, 7) is 0. The van der Waals surface area contributed by atoms with Gasteiger partial charge in [-0.15, -0.1) is 0 Å². The highest BCUT2D eigenvalue weighted by atomic mass is 35.5. The molecule has 1 heterocycles. The number of amides is 3. The summed E-state index contributed by atoms with van der Waals surface area (Å²) in [6, 6.07) is 13.4. The van der Waals surface area contributed by atoms with E-state index in [0.29, 0.717) is 15.6 Å². The zero-order chi connectivity index (χ0) is 21.7. The van der Waals surface area contributed by atoms with Crippen molar-refractivity contribution in [2.45, 2.75) is 16.1 Å². The highest BCUT2D eigenvalue weighted by molar-refractivity contribution is 7.99. The van der Waals surface area contributed by atoms with Crippen molar-refractivity contribution in [2.75, 3.05) is 5.32 Å². The van der Waals surface area contributed by atoms with Crippen molar-refractivity contribution < 1.29 is 22.8 Å². The lowest BCUT2D eigenvalue weighted by atomic mass is 10.2. The van der Waals surface area contributed by atoms with Gasteiger partial charge in [-0.1, -0.05) is 41.6 Å². The first-order chi connectivity index (χ1) is 14.2. The van der Waals surface area contributed by atoms with Crippen LogP contribution in [0.4, 0.5) is 23.7 Å². The van der Waals surface area contributed by atoms with Gasteiger partial charge in [0, 0.05) is 4.90 Å². The molecule has 0 saturated carbocycles. The van der Waals surface area contributed by atoms with Crippen LogP contribution in [0.2, 0.25) is 5.02 Å². The Bertz CT molecular complexity index is 1080. The van der Waals surface area contributed by atoms with Crippen LogP contribution in [0.5, 0.6) is 0 Å². The lowest BCUT2D eigenvalue weighted by molar-refractivity contribution is -0.137. The van der Waals surface area contributed by atoms with Gasteiger partial charge in [0.25, 0.3) is 5.91 Å². The van der Waals surface area contributed by atoms with E-state index in [2.05, 4.69) is 15.6 Å². The van der Waals surface area contributed by atoms with Crippen LogP contribution in [-0.4, -0.2) is 16.9 Å². The quantitative estimate of drug-likeness (QED) is 0.520. The molecule has 154 valence electrons. The number of imide groups is 1. The standard InChI is InChI=1S/C20H13ClF3N3O2S/c21-16-7-2-1-6-15(16)18(28)27-19(29)26-13-8-9-17(25-11-13)30-14-5-3-4-12(10-14)20(22,23)24/h1-11H,(H2,26,27,28,29). The van der Waals surface area contributed by atoms with Gasteiger partial charge >= 0.3 is 12.2 Å². The van der Waals surface area contributed by atoms with Crippen molar-refractivity contribution >= 4 is 41.0 Å². The molecule has 0 saturated heterocycles. The smallest absolute Gasteiger partial charge is 0.306 e. The van der Waals surface area contributed by atoms with E-state index in [1.54, 1.807) is 18.2 Å². The average Bonchev–Trinajstić information content (AvgIpc) is 2.69. The first-order valence-corrected chi connectivity index (χ1v) is 9.60. The second-order valence-corrected chi connectivity index (χ2v) is 7.40. The fraction of sp³-hybridized carbons (Fsp3) is 0.0500. The van der Waals surface area contributed by atoms with Crippen molar-refractivity contribution in [3.8, 4) is 0 Å². The summed E-state index contributed by atoms with van der Waals surface area (Å²) in [4.78, 5) is 28.5. The maximum atomic E-state index is 12.8. The Balaban J connectivity index is 1.60. The number of rotatable bonds is 4. The van der Waals surface area contributed by atoms with Crippen LogP contribution >= 0.6 is 23.4 Å². The summed E-state index contributed by atoms with van der Waals surface area (Å²) >= 11 is 6.96. The van der Waals surface area contributed by atoms with Crippen LogP contribution in [0.25, 0.3) is 0 Å². The summed E-state index contributed by atoms with van der Waals surface area (Å²) in [7, 11) is 0. The summed E-state index contributed by atoms with van der Waals surface area (Å²) in [5.74, 6) is -0.664. The molecule has 0 aliphatic heterocycles. The number of anilines is 1. The molecule has 0 unspecified atom stereocenters. The number of hydrogen-bond acceptors (Lipinski definition) is 4. The fourth-order valence-corrected chi connectivity index (χ4v) is 3.39. The van der Waals surface area contributed by atoms with E-state index >= 15 is 0 Å². The lowest BCUT2D eigenvalue weighted by Gasteiger charge is -2.09. The van der Waals surface area contributed by atoms with Gasteiger partial charge in [-0.25, -0.2) is 9.78 Å². The number of nitrogens with zero attached hydrogens (tertiary/aromatic N) is 1. The Labute approximate surface area is 178 Å². The first-order valence-electron chi connectivity index (χ1n) is 8.40. The van der Waals surface area contributed by atoms with Gasteiger partial charge < -0.3 is 5.32 Å². The molecule has 5 nitrogen and oxygen atoms in total. The molecule has 0 fully saturated rings. The number of urea groups is 1. The summed E-state index contributed by atoms with van der Waals surface area (Å²) in [5.41, 5.74) is -0.293. The molecule has 3 aromatic rings. The normalized spacial score (nSPS) is 11.1. The van der Waals surface area contributed by atoms with Gasteiger partial charge in [-0.05, 0) is 42.5 Å². The average molecular weight is 452 g/mol. The lowest BCUT2D eigenvalue weighted by Crippen LogP contribution is -2.34. The molecule has 0 spiro atoms. The number of carbonyl (C=O) groups excluding carboxylic acids is 2. The number of benzene rings is 2. The summed E-state index contributed by atoms with van der Waals surface area (Å²) < 4.78 is 38.4. The van der Waals surface area contributed by atoms with Crippen LogP contribution in [-0.2, 0) is 6.18 Å². The molecule has 30 heavy (non-hydrogen) atoms. The number of alkyl halides is 3. The highest BCUT2D eigenvalue weighted by Crippen LogP contribution is 2.33. The minimum Gasteiger partial charge on any atom is -0.306 e. The number of carbonyl (C=O) groups is 2. The van der Waals surface area contributed by atoms with Gasteiger partial charge in [0.1, 0.15) is 5.03 Å². The monoisotopic (exact) mass is 451 g/mol. The third kappa shape index (κ3) is 5.74. The highest BCUT2D eigenvalue weighted by Gasteiger charge is 2.30. The van der Waals surface area contributed by atoms with E-state index in [-0.39, 0.29) is 10.6 Å². The fourth-order valence-electron chi connectivity index (χ4n) is 2.35. The zero-order valence-corrected chi connectivity index (χ0v) is 16.6. The van der Waals surface area contributed by atoms with Crippen LogP contribution in [0.1, 0.15) is 15.9 Å². The molecular formula is C20H13ClF3N3O2S. The minimum absolute atomic E-state index is 0.153. The third-order valence-corrected chi connectivity index (χ3v) is 4.99. The molecule has 0 atom stereocenters.